The number of hydrogen-bond donors (Lipinski definition) is 1. The summed E-state index contributed by atoms with van der Waals surface area (Å²) in [7, 11) is 0. The lowest BCUT2D eigenvalue weighted by Crippen LogP contribution is -2.31. The smallest absolute Gasteiger partial charge is 0.131 e. The molecule has 1 unspecified atom stereocenters. The maximum absolute atomic E-state index is 13.6. The zero-order valence-corrected chi connectivity index (χ0v) is 10.6. The molecule has 1 fully saturated rings. The molecule has 1 aliphatic heterocycles. The second-order valence-corrected chi connectivity index (χ2v) is 4.65. The number of benzene rings is 1. The molecule has 1 N–H and O–H groups in total. The molecule has 0 radical (unpaired) electrons. The van der Waals surface area contributed by atoms with E-state index in [4.69, 9.17) is 10.00 Å². The van der Waals surface area contributed by atoms with Crippen LogP contribution in [-0.2, 0) is 11.3 Å². The van der Waals surface area contributed by atoms with Crippen molar-refractivity contribution >= 4 is 0 Å². The van der Waals surface area contributed by atoms with Crippen LogP contribution in [0.1, 0.15) is 30.4 Å². The predicted octanol–water partition coefficient (Wildman–Crippen LogP) is 2.50. The van der Waals surface area contributed by atoms with Crippen LogP contribution in [0.5, 0.6) is 0 Å². The first kappa shape index (κ1) is 13.9. The molecule has 0 aromatic heterocycles. The van der Waals surface area contributed by atoms with E-state index in [2.05, 4.69) is 5.32 Å². The molecule has 0 amide bonds. The molecule has 1 aliphatic rings. The molecule has 1 atom stereocenters. The molecular weight excluding hydrogens is 250 g/mol. The minimum absolute atomic E-state index is 0.00522. The Labute approximate surface area is 111 Å². The van der Waals surface area contributed by atoms with E-state index < -0.39 is 11.6 Å². The van der Waals surface area contributed by atoms with E-state index >= 15 is 0 Å². The minimum atomic E-state index is -0.686. The third-order valence-electron chi connectivity index (χ3n) is 3.22. The zero-order valence-electron chi connectivity index (χ0n) is 10.6. The van der Waals surface area contributed by atoms with E-state index in [1.165, 1.54) is 0 Å². The standard InChI is InChI=1S/C14H16F2N2O/c15-13-5-10(7-17)6-14(16)12(13)9-18-8-11-3-1-2-4-19-11/h5-6,11,18H,1-4,8-9H2. The Bertz CT molecular complexity index is 456. The average Bonchev–Trinajstić information content (AvgIpc) is 2.42. The summed E-state index contributed by atoms with van der Waals surface area (Å²) in [4.78, 5) is 0. The van der Waals surface area contributed by atoms with Gasteiger partial charge in [-0.25, -0.2) is 8.78 Å². The van der Waals surface area contributed by atoms with Crippen LogP contribution >= 0.6 is 0 Å². The Morgan fingerprint density at radius 1 is 1.32 bits per heavy atom. The highest BCUT2D eigenvalue weighted by Gasteiger charge is 2.15. The van der Waals surface area contributed by atoms with Crippen molar-refractivity contribution in [2.45, 2.75) is 31.9 Å². The third kappa shape index (κ3) is 3.72. The molecule has 1 heterocycles. The molecule has 0 saturated carbocycles. The fourth-order valence-corrected chi connectivity index (χ4v) is 2.16. The lowest BCUT2D eigenvalue weighted by molar-refractivity contribution is 0.0167. The van der Waals surface area contributed by atoms with Gasteiger partial charge in [0.1, 0.15) is 11.6 Å². The first-order chi connectivity index (χ1) is 9.20. The van der Waals surface area contributed by atoms with Crippen molar-refractivity contribution < 1.29 is 13.5 Å². The first-order valence-corrected chi connectivity index (χ1v) is 6.41. The second-order valence-electron chi connectivity index (χ2n) is 4.65. The summed E-state index contributed by atoms with van der Waals surface area (Å²) in [6, 6.07) is 3.83. The van der Waals surface area contributed by atoms with Gasteiger partial charge in [-0.15, -0.1) is 0 Å². The molecule has 2 rings (SSSR count). The fourth-order valence-electron chi connectivity index (χ4n) is 2.16. The Hall–Kier alpha value is -1.51. The largest absolute Gasteiger partial charge is 0.377 e. The van der Waals surface area contributed by atoms with Crippen LogP contribution < -0.4 is 5.32 Å². The molecule has 1 aromatic rings. The van der Waals surface area contributed by atoms with Gasteiger partial charge in [-0.05, 0) is 31.4 Å². The van der Waals surface area contributed by atoms with Crippen molar-refractivity contribution in [2.75, 3.05) is 13.2 Å². The lowest BCUT2D eigenvalue weighted by Gasteiger charge is -2.22. The highest BCUT2D eigenvalue weighted by molar-refractivity contribution is 5.34. The summed E-state index contributed by atoms with van der Waals surface area (Å²) in [5.74, 6) is -1.37. The topological polar surface area (TPSA) is 45.0 Å². The predicted molar refractivity (Wildman–Crippen MR) is 66.4 cm³/mol. The van der Waals surface area contributed by atoms with E-state index in [9.17, 15) is 8.78 Å². The van der Waals surface area contributed by atoms with E-state index in [0.717, 1.165) is 38.0 Å². The molecule has 102 valence electrons. The molecule has 19 heavy (non-hydrogen) atoms. The number of nitriles is 1. The quantitative estimate of drug-likeness (QED) is 0.910. The molecule has 1 aromatic carbocycles. The van der Waals surface area contributed by atoms with Crippen LogP contribution in [0.2, 0.25) is 0 Å². The third-order valence-corrected chi connectivity index (χ3v) is 3.22. The number of rotatable bonds is 4. The van der Waals surface area contributed by atoms with Gasteiger partial charge in [0.05, 0.1) is 17.7 Å². The molecule has 5 heteroatoms. The van der Waals surface area contributed by atoms with Gasteiger partial charge in [-0.3, -0.25) is 0 Å². The summed E-state index contributed by atoms with van der Waals surface area (Å²) in [5.41, 5.74) is -0.0378. The maximum Gasteiger partial charge on any atom is 0.131 e. The van der Waals surface area contributed by atoms with Crippen LogP contribution in [0.15, 0.2) is 12.1 Å². The maximum atomic E-state index is 13.6. The van der Waals surface area contributed by atoms with Crippen molar-refractivity contribution in [2.24, 2.45) is 0 Å². The van der Waals surface area contributed by atoms with Crippen LogP contribution in [-0.4, -0.2) is 19.3 Å². The minimum Gasteiger partial charge on any atom is -0.377 e. The number of halogens is 2. The van der Waals surface area contributed by atoms with Gasteiger partial charge in [-0.2, -0.15) is 5.26 Å². The molecule has 0 spiro atoms. The van der Waals surface area contributed by atoms with E-state index in [1.54, 1.807) is 6.07 Å². The van der Waals surface area contributed by atoms with E-state index in [1.807, 2.05) is 0 Å². The van der Waals surface area contributed by atoms with E-state index in [0.29, 0.717) is 6.54 Å². The van der Waals surface area contributed by atoms with Gasteiger partial charge in [0.2, 0.25) is 0 Å². The Balaban J connectivity index is 1.90. The van der Waals surface area contributed by atoms with Gasteiger partial charge in [0.25, 0.3) is 0 Å². The Kier molecular flexibility index (Phi) is 4.83. The van der Waals surface area contributed by atoms with Crippen LogP contribution in [0.3, 0.4) is 0 Å². The molecule has 3 nitrogen and oxygen atoms in total. The van der Waals surface area contributed by atoms with Gasteiger partial charge in [-0.1, -0.05) is 0 Å². The molecular formula is C14H16F2N2O. The van der Waals surface area contributed by atoms with Gasteiger partial charge in [0, 0.05) is 25.3 Å². The highest BCUT2D eigenvalue weighted by Crippen LogP contribution is 2.16. The second kappa shape index (κ2) is 6.60. The average molecular weight is 266 g/mol. The summed E-state index contributed by atoms with van der Waals surface area (Å²) in [5, 5.41) is 11.6. The van der Waals surface area contributed by atoms with Crippen LogP contribution in [0, 0.1) is 23.0 Å². The summed E-state index contributed by atoms with van der Waals surface area (Å²) in [6.07, 6.45) is 3.31. The number of nitrogens with one attached hydrogen (secondary N) is 1. The Morgan fingerprint density at radius 3 is 2.63 bits per heavy atom. The molecule has 0 bridgehead atoms. The normalized spacial score (nSPS) is 19.1. The highest BCUT2D eigenvalue weighted by atomic mass is 19.1. The molecule has 1 saturated heterocycles. The van der Waals surface area contributed by atoms with Crippen molar-refractivity contribution in [3.63, 3.8) is 0 Å². The molecule has 0 aliphatic carbocycles. The number of nitrogens with zero attached hydrogens (tertiary/aromatic N) is 1. The van der Waals surface area contributed by atoms with Crippen molar-refractivity contribution in [3.8, 4) is 6.07 Å². The van der Waals surface area contributed by atoms with Gasteiger partial charge >= 0.3 is 0 Å². The monoisotopic (exact) mass is 266 g/mol. The number of ether oxygens (including phenoxy) is 1. The van der Waals surface area contributed by atoms with Crippen molar-refractivity contribution in [1.29, 1.82) is 5.26 Å². The fraction of sp³-hybridized carbons (Fsp3) is 0.500. The lowest BCUT2D eigenvalue weighted by atomic mass is 10.1. The van der Waals surface area contributed by atoms with E-state index in [-0.39, 0.29) is 23.8 Å². The van der Waals surface area contributed by atoms with Gasteiger partial charge in [0.15, 0.2) is 0 Å². The van der Waals surface area contributed by atoms with Crippen molar-refractivity contribution in [1.82, 2.24) is 5.32 Å². The van der Waals surface area contributed by atoms with Crippen molar-refractivity contribution in [3.05, 3.63) is 34.9 Å². The van der Waals surface area contributed by atoms with Crippen LogP contribution in [0.25, 0.3) is 0 Å². The SMILES string of the molecule is N#Cc1cc(F)c(CNCC2CCCCO2)c(F)c1. The Morgan fingerprint density at radius 2 is 2.05 bits per heavy atom. The van der Waals surface area contributed by atoms with Crippen LogP contribution in [0.4, 0.5) is 8.78 Å². The summed E-state index contributed by atoms with van der Waals surface area (Å²) in [6.45, 7) is 1.44. The zero-order chi connectivity index (χ0) is 13.7. The summed E-state index contributed by atoms with van der Waals surface area (Å²) >= 11 is 0. The number of hydrogen-bond acceptors (Lipinski definition) is 3. The van der Waals surface area contributed by atoms with Gasteiger partial charge < -0.3 is 10.1 Å². The first-order valence-electron chi connectivity index (χ1n) is 6.41. The summed E-state index contributed by atoms with van der Waals surface area (Å²) < 4.78 is 32.7.